The maximum absolute atomic E-state index is 12.8. The maximum Gasteiger partial charge on any atom is 0.237 e. The summed E-state index contributed by atoms with van der Waals surface area (Å²) < 4.78 is 13.8. The van der Waals surface area contributed by atoms with E-state index >= 15 is 0 Å². The van der Waals surface area contributed by atoms with Crippen LogP contribution in [0.2, 0.25) is 0 Å². The normalized spacial score (nSPS) is 15.5. The number of amides is 1. The second kappa shape index (κ2) is 9.99. The SMILES string of the molecule is C=CCn1c(S[C@H](C)C(=O)Nc2ccc(N(C)C)cc2)nnc1[C@H]1COc2ccccc2O1. The zero-order chi connectivity index (χ0) is 23.4. The van der Waals surface area contributed by atoms with Crippen molar-refractivity contribution in [1.29, 1.82) is 0 Å². The van der Waals surface area contributed by atoms with Crippen molar-refractivity contribution in [3.05, 3.63) is 67.0 Å². The van der Waals surface area contributed by atoms with Crippen molar-refractivity contribution in [1.82, 2.24) is 14.8 Å². The number of rotatable bonds is 8. The summed E-state index contributed by atoms with van der Waals surface area (Å²) >= 11 is 1.34. The Morgan fingerprint density at radius 3 is 2.67 bits per heavy atom. The van der Waals surface area contributed by atoms with Crippen molar-refractivity contribution in [2.45, 2.75) is 30.0 Å². The number of aromatic nitrogens is 3. The lowest BCUT2D eigenvalue weighted by atomic mass is 10.2. The minimum Gasteiger partial charge on any atom is -0.485 e. The van der Waals surface area contributed by atoms with E-state index in [1.807, 2.05) is 79.0 Å². The van der Waals surface area contributed by atoms with Gasteiger partial charge in [-0.2, -0.15) is 0 Å². The summed E-state index contributed by atoms with van der Waals surface area (Å²) in [4.78, 5) is 14.8. The summed E-state index contributed by atoms with van der Waals surface area (Å²) in [5.41, 5.74) is 1.81. The molecule has 1 N–H and O–H groups in total. The summed E-state index contributed by atoms with van der Waals surface area (Å²) in [6.07, 6.45) is 1.37. The number of anilines is 2. The van der Waals surface area contributed by atoms with Crippen molar-refractivity contribution < 1.29 is 14.3 Å². The van der Waals surface area contributed by atoms with Crippen LogP contribution in [0.25, 0.3) is 0 Å². The minimum atomic E-state index is -0.402. The van der Waals surface area contributed by atoms with Crippen LogP contribution < -0.4 is 19.7 Å². The Balaban J connectivity index is 1.46. The molecule has 0 saturated heterocycles. The van der Waals surface area contributed by atoms with Gasteiger partial charge in [0.25, 0.3) is 0 Å². The first-order valence-corrected chi connectivity index (χ1v) is 11.5. The number of nitrogens with one attached hydrogen (secondary N) is 1. The third-order valence-electron chi connectivity index (χ3n) is 5.16. The number of carbonyl (C=O) groups excluding carboxylic acids is 1. The molecule has 1 aliphatic heterocycles. The number of ether oxygens (including phenoxy) is 2. The quantitative estimate of drug-likeness (QED) is 0.395. The molecule has 0 unspecified atom stereocenters. The minimum absolute atomic E-state index is 0.113. The Bertz CT molecular complexity index is 1130. The topological polar surface area (TPSA) is 81.5 Å². The third-order valence-corrected chi connectivity index (χ3v) is 6.24. The lowest BCUT2D eigenvalue weighted by Gasteiger charge is -2.26. The smallest absolute Gasteiger partial charge is 0.237 e. The molecule has 0 saturated carbocycles. The predicted octanol–water partition coefficient (Wildman–Crippen LogP) is 4.16. The molecule has 2 aromatic carbocycles. The van der Waals surface area contributed by atoms with Gasteiger partial charge in [-0.15, -0.1) is 16.8 Å². The van der Waals surface area contributed by atoms with Gasteiger partial charge in [0.05, 0.1) is 5.25 Å². The van der Waals surface area contributed by atoms with Crippen LogP contribution in [0.5, 0.6) is 11.5 Å². The first kappa shape index (κ1) is 22.7. The Labute approximate surface area is 197 Å². The average Bonchev–Trinajstić information content (AvgIpc) is 3.21. The molecule has 4 rings (SSSR count). The van der Waals surface area contributed by atoms with E-state index in [4.69, 9.17) is 9.47 Å². The molecular weight excluding hydrogens is 438 g/mol. The number of para-hydroxylation sites is 2. The molecule has 33 heavy (non-hydrogen) atoms. The predicted molar refractivity (Wildman–Crippen MR) is 130 cm³/mol. The molecule has 0 spiro atoms. The van der Waals surface area contributed by atoms with E-state index in [1.54, 1.807) is 6.08 Å². The lowest BCUT2D eigenvalue weighted by Crippen LogP contribution is -2.25. The zero-order valence-corrected chi connectivity index (χ0v) is 19.7. The Morgan fingerprint density at radius 2 is 1.97 bits per heavy atom. The van der Waals surface area contributed by atoms with E-state index in [-0.39, 0.29) is 11.2 Å². The highest BCUT2D eigenvalue weighted by Gasteiger charge is 2.29. The Morgan fingerprint density at radius 1 is 1.24 bits per heavy atom. The Kier molecular flexibility index (Phi) is 6.88. The van der Waals surface area contributed by atoms with Crippen LogP contribution in [0.15, 0.2) is 66.3 Å². The number of hydrogen-bond donors (Lipinski definition) is 1. The van der Waals surface area contributed by atoms with Gasteiger partial charge in [0.1, 0.15) is 6.61 Å². The molecule has 9 heteroatoms. The van der Waals surface area contributed by atoms with Crippen molar-refractivity contribution in [2.24, 2.45) is 0 Å². The second-order valence-corrected chi connectivity index (χ2v) is 9.10. The number of benzene rings is 2. The Hall–Kier alpha value is -3.46. The highest BCUT2D eigenvalue weighted by molar-refractivity contribution is 8.00. The van der Waals surface area contributed by atoms with Crippen LogP contribution in [0.3, 0.4) is 0 Å². The van der Waals surface area contributed by atoms with Gasteiger partial charge in [-0.3, -0.25) is 9.36 Å². The van der Waals surface area contributed by atoms with E-state index in [9.17, 15) is 4.79 Å². The average molecular weight is 466 g/mol. The number of thioether (sulfide) groups is 1. The van der Waals surface area contributed by atoms with E-state index in [0.29, 0.717) is 35.6 Å². The maximum atomic E-state index is 12.8. The summed E-state index contributed by atoms with van der Waals surface area (Å²) in [7, 11) is 3.95. The van der Waals surface area contributed by atoms with E-state index in [0.717, 1.165) is 11.4 Å². The van der Waals surface area contributed by atoms with Crippen LogP contribution in [0.1, 0.15) is 18.9 Å². The van der Waals surface area contributed by atoms with Gasteiger partial charge in [-0.1, -0.05) is 30.0 Å². The fourth-order valence-electron chi connectivity index (χ4n) is 3.37. The van der Waals surface area contributed by atoms with E-state index in [2.05, 4.69) is 22.1 Å². The molecule has 0 radical (unpaired) electrons. The molecular formula is C24H27N5O3S. The molecule has 0 bridgehead atoms. The van der Waals surface area contributed by atoms with Crippen molar-refractivity contribution >= 4 is 29.0 Å². The lowest BCUT2D eigenvalue weighted by molar-refractivity contribution is -0.115. The molecule has 3 aromatic rings. The van der Waals surface area contributed by atoms with Crippen LogP contribution in [0, 0.1) is 0 Å². The fourth-order valence-corrected chi connectivity index (χ4v) is 4.24. The molecule has 0 aliphatic carbocycles. The first-order valence-electron chi connectivity index (χ1n) is 10.6. The highest BCUT2D eigenvalue weighted by Crippen LogP contribution is 2.36. The number of carbonyl (C=O) groups is 1. The largest absolute Gasteiger partial charge is 0.485 e. The second-order valence-electron chi connectivity index (χ2n) is 7.79. The molecule has 1 aliphatic rings. The summed E-state index contributed by atoms with van der Waals surface area (Å²) in [6.45, 7) is 6.51. The van der Waals surface area contributed by atoms with Crippen molar-refractivity contribution in [3.63, 3.8) is 0 Å². The summed E-state index contributed by atoms with van der Waals surface area (Å²) in [6, 6.07) is 15.2. The van der Waals surface area contributed by atoms with Crippen LogP contribution in [0.4, 0.5) is 11.4 Å². The van der Waals surface area contributed by atoms with E-state index in [1.165, 1.54) is 11.8 Å². The van der Waals surface area contributed by atoms with Crippen molar-refractivity contribution in [3.8, 4) is 11.5 Å². The van der Waals surface area contributed by atoms with Gasteiger partial charge in [0.15, 0.2) is 28.6 Å². The van der Waals surface area contributed by atoms with Gasteiger partial charge < -0.3 is 19.7 Å². The molecule has 2 atom stereocenters. The summed E-state index contributed by atoms with van der Waals surface area (Å²) in [5, 5.41) is 11.9. The molecule has 1 aromatic heterocycles. The van der Waals surface area contributed by atoms with Gasteiger partial charge in [-0.25, -0.2) is 0 Å². The van der Waals surface area contributed by atoms with Crippen LogP contribution in [-0.2, 0) is 11.3 Å². The number of hydrogen-bond acceptors (Lipinski definition) is 7. The molecule has 8 nitrogen and oxygen atoms in total. The van der Waals surface area contributed by atoms with E-state index < -0.39 is 6.10 Å². The van der Waals surface area contributed by atoms with Gasteiger partial charge >= 0.3 is 0 Å². The molecule has 1 amide bonds. The third kappa shape index (κ3) is 5.14. The van der Waals surface area contributed by atoms with Crippen LogP contribution >= 0.6 is 11.8 Å². The van der Waals surface area contributed by atoms with Gasteiger partial charge in [0, 0.05) is 32.0 Å². The fraction of sp³-hybridized carbons (Fsp3) is 0.292. The molecule has 2 heterocycles. The first-order chi connectivity index (χ1) is 16.0. The van der Waals surface area contributed by atoms with Gasteiger partial charge in [0.2, 0.25) is 5.91 Å². The highest BCUT2D eigenvalue weighted by atomic mass is 32.2. The summed E-state index contributed by atoms with van der Waals surface area (Å²) in [5.74, 6) is 1.91. The number of fused-ring (bicyclic) bond motifs is 1. The van der Waals surface area contributed by atoms with Gasteiger partial charge in [-0.05, 0) is 43.3 Å². The molecule has 0 fully saturated rings. The van der Waals surface area contributed by atoms with Crippen molar-refractivity contribution in [2.75, 3.05) is 30.9 Å². The standard InChI is InChI=1S/C24H27N5O3S/c1-5-14-29-22(21-15-31-19-8-6-7-9-20(19)32-21)26-27-24(29)33-16(2)23(30)25-17-10-12-18(13-11-17)28(3)4/h5-13,16,21H,1,14-15H2,2-4H3,(H,25,30)/t16-,21-/m1/s1. The zero-order valence-electron chi connectivity index (χ0n) is 18.9. The monoisotopic (exact) mass is 465 g/mol. The number of nitrogens with zero attached hydrogens (tertiary/aromatic N) is 4. The number of allylic oxidation sites excluding steroid dienone is 1. The van der Waals surface area contributed by atoms with Crippen LogP contribution in [-0.4, -0.2) is 46.6 Å². The molecule has 172 valence electrons.